The van der Waals surface area contributed by atoms with Gasteiger partial charge in [-0.3, -0.25) is 0 Å². The molecule has 4 rings (SSSR count). The van der Waals surface area contributed by atoms with E-state index in [2.05, 4.69) is 20.2 Å². The fourth-order valence-electron chi connectivity index (χ4n) is 2.70. The van der Waals surface area contributed by atoms with Gasteiger partial charge in [0.25, 0.3) is 0 Å². The molecule has 0 fully saturated rings. The molecule has 0 amide bonds. The van der Waals surface area contributed by atoms with Crippen LogP contribution in [0.4, 0.5) is 5.82 Å². The SMILES string of the molecule is CC(C)n1nc(-c2cc(-c3cccc(Cl)c3)on2)c2c(N)ncnc21. The zero-order chi connectivity index (χ0) is 17.6. The summed E-state index contributed by atoms with van der Waals surface area (Å²) >= 11 is 6.04. The normalized spacial score (nSPS) is 11.5. The third kappa shape index (κ3) is 2.62. The average molecular weight is 355 g/mol. The maximum Gasteiger partial charge on any atom is 0.167 e. The quantitative estimate of drug-likeness (QED) is 0.598. The Balaban J connectivity index is 1.89. The molecule has 1 aromatic carbocycles. The van der Waals surface area contributed by atoms with E-state index in [0.29, 0.717) is 39.0 Å². The van der Waals surface area contributed by atoms with Crippen molar-refractivity contribution in [3.05, 3.63) is 41.7 Å². The molecule has 0 saturated carbocycles. The van der Waals surface area contributed by atoms with Gasteiger partial charge in [-0.05, 0) is 26.0 Å². The van der Waals surface area contributed by atoms with Crippen molar-refractivity contribution in [2.75, 3.05) is 5.73 Å². The van der Waals surface area contributed by atoms with E-state index < -0.39 is 0 Å². The van der Waals surface area contributed by atoms with E-state index in [4.69, 9.17) is 21.9 Å². The molecule has 0 atom stereocenters. The first kappa shape index (κ1) is 15.6. The summed E-state index contributed by atoms with van der Waals surface area (Å²) in [6, 6.07) is 9.30. The fourth-order valence-corrected chi connectivity index (χ4v) is 2.89. The molecule has 0 unspecified atom stereocenters. The first-order valence-electron chi connectivity index (χ1n) is 7.76. The lowest BCUT2D eigenvalue weighted by molar-refractivity contribution is 0.434. The van der Waals surface area contributed by atoms with Gasteiger partial charge in [-0.1, -0.05) is 28.9 Å². The molecule has 4 aromatic rings. The Kier molecular flexibility index (Phi) is 3.65. The second kappa shape index (κ2) is 5.86. The van der Waals surface area contributed by atoms with Crippen LogP contribution < -0.4 is 5.73 Å². The number of nitrogens with zero attached hydrogens (tertiary/aromatic N) is 5. The number of hydrogen-bond acceptors (Lipinski definition) is 6. The van der Waals surface area contributed by atoms with E-state index in [1.807, 2.05) is 38.1 Å². The molecule has 0 spiro atoms. The summed E-state index contributed by atoms with van der Waals surface area (Å²) in [5, 5.41) is 10.1. The molecule has 7 nitrogen and oxygen atoms in total. The van der Waals surface area contributed by atoms with Gasteiger partial charge in [-0.15, -0.1) is 0 Å². The second-order valence-electron chi connectivity index (χ2n) is 5.93. The topological polar surface area (TPSA) is 95.7 Å². The number of rotatable bonds is 3. The molecule has 25 heavy (non-hydrogen) atoms. The first-order chi connectivity index (χ1) is 12.0. The van der Waals surface area contributed by atoms with Crippen molar-refractivity contribution in [2.24, 2.45) is 0 Å². The Bertz CT molecular complexity index is 1070. The summed E-state index contributed by atoms with van der Waals surface area (Å²) in [5.41, 5.74) is 8.74. The van der Waals surface area contributed by atoms with Gasteiger partial charge in [0.2, 0.25) is 0 Å². The van der Waals surface area contributed by atoms with E-state index in [-0.39, 0.29) is 6.04 Å². The van der Waals surface area contributed by atoms with Crippen LogP contribution in [0.5, 0.6) is 0 Å². The summed E-state index contributed by atoms with van der Waals surface area (Å²) in [7, 11) is 0. The number of aromatic nitrogens is 5. The molecule has 2 N–H and O–H groups in total. The molecular weight excluding hydrogens is 340 g/mol. The standard InChI is InChI=1S/C17H15ClN6O/c1-9(2)24-17-14(16(19)20-8-21-17)15(22-24)12-7-13(25-23-12)10-4-3-5-11(18)6-10/h3-9H,1-2H3,(H2,19,20,21). The number of halogens is 1. The van der Waals surface area contributed by atoms with Crippen molar-refractivity contribution in [2.45, 2.75) is 19.9 Å². The molecule has 0 aliphatic heterocycles. The average Bonchev–Trinajstić information content (AvgIpc) is 3.20. The van der Waals surface area contributed by atoms with Gasteiger partial charge in [0.1, 0.15) is 23.5 Å². The van der Waals surface area contributed by atoms with Crippen molar-refractivity contribution in [3.63, 3.8) is 0 Å². The lowest BCUT2D eigenvalue weighted by Crippen LogP contribution is -2.04. The highest BCUT2D eigenvalue weighted by molar-refractivity contribution is 6.30. The van der Waals surface area contributed by atoms with E-state index in [0.717, 1.165) is 5.56 Å². The molecule has 126 valence electrons. The Labute approximate surface area is 148 Å². The third-order valence-corrected chi connectivity index (χ3v) is 4.10. The second-order valence-corrected chi connectivity index (χ2v) is 6.37. The molecule has 3 aromatic heterocycles. The smallest absolute Gasteiger partial charge is 0.167 e. The Morgan fingerprint density at radius 2 is 2.04 bits per heavy atom. The minimum absolute atomic E-state index is 0.116. The van der Waals surface area contributed by atoms with E-state index in [9.17, 15) is 0 Å². The van der Waals surface area contributed by atoms with Crippen LogP contribution in [0, 0.1) is 0 Å². The molecule has 0 saturated heterocycles. The van der Waals surface area contributed by atoms with Gasteiger partial charge in [-0.2, -0.15) is 5.10 Å². The zero-order valence-electron chi connectivity index (χ0n) is 13.6. The first-order valence-corrected chi connectivity index (χ1v) is 8.14. The predicted molar refractivity (Wildman–Crippen MR) is 96.1 cm³/mol. The van der Waals surface area contributed by atoms with Crippen LogP contribution in [-0.4, -0.2) is 24.9 Å². The van der Waals surface area contributed by atoms with E-state index in [1.165, 1.54) is 6.33 Å². The molecule has 0 bridgehead atoms. The van der Waals surface area contributed by atoms with Gasteiger partial charge < -0.3 is 10.3 Å². The summed E-state index contributed by atoms with van der Waals surface area (Å²) in [5.74, 6) is 0.958. The summed E-state index contributed by atoms with van der Waals surface area (Å²) in [4.78, 5) is 8.40. The molecule has 0 aliphatic rings. The molecule has 0 radical (unpaired) electrons. The highest BCUT2D eigenvalue weighted by Crippen LogP contribution is 2.33. The van der Waals surface area contributed by atoms with Crippen LogP contribution in [-0.2, 0) is 0 Å². The number of nitrogens with two attached hydrogens (primary N) is 1. The van der Waals surface area contributed by atoms with Crippen LogP contribution in [0.2, 0.25) is 5.02 Å². The largest absolute Gasteiger partial charge is 0.383 e. The van der Waals surface area contributed by atoms with E-state index in [1.54, 1.807) is 10.7 Å². The van der Waals surface area contributed by atoms with Crippen LogP contribution in [0.25, 0.3) is 33.7 Å². The maximum absolute atomic E-state index is 6.07. The third-order valence-electron chi connectivity index (χ3n) is 3.87. The van der Waals surface area contributed by atoms with Crippen molar-refractivity contribution in [1.82, 2.24) is 24.9 Å². The van der Waals surface area contributed by atoms with Gasteiger partial charge in [-0.25, -0.2) is 14.6 Å². The lowest BCUT2D eigenvalue weighted by atomic mass is 10.1. The molecular formula is C17H15ClN6O. The summed E-state index contributed by atoms with van der Waals surface area (Å²) < 4.78 is 7.28. The van der Waals surface area contributed by atoms with Gasteiger partial charge in [0.05, 0.1) is 5.39 Å². The number of nitrogen functional groups attached to an aromatic ring is 1. The van der Waals surface area contributed by atoms with Gasteiger partial charge in [0.15, 0.2) is 11.4 Å². The molecule has 0 aliphatic carbocycles. The van der Waals surface area contributed by atoms with Gasteiger partial charge >= 0.3 is 0 Å². The number of benzene rings is 1. The number of fused-ring (bicyclic) bond motifs is 1. The summed E-state index contributed by atoms with van der Waals surface area (Å²) in [6.45, 7) is 4.05. The minimum atomic E-state index is 0.116. The fraction of sp³-hybridized carbons (Fsp3) is 0.176. The van der Waals surface area contributed by atoms with Crippen LogP contribution in [0.1, 0.15) is 19.9 Å². The van der Waals surface area contributed by atoms with Crippen LogP contribution in [0.15, 0.2) is 41.2 Å². The maximum atomic E-state index is 6.07. The lowest BCUT2D eigenvalue weighted by Gasteiger charge is -2.05. The van der Waals surface area contributed by atoms with E-state index >= 15 is 0 Å². The van der Waals surface area contributed by atoms with Crippen LogP contribution >= 0.6 is 11.6 Å². The van der Waals surface area contributed by atoms with Crippen LogP contribution in [0.3, 0.4) is 0 Å². The molecule has 8 heteroatoms. The highest BCUT2D eigenvalue weighted by atomic mass is 35.5. The Morgan fingerprint density at radius 3 is 2.80 bits per heavy atom. The monoisotopic (exact) mass is 354 g/mol. The van der Waals surface area contributed by atoms with Crippen molar-refractivity contribution in [1.29, 1.82) is 0 Å². The van der Waals surface area contributed by atoms with Gasteiger partial charge in [0, 0.05) is 22.7 Å². The predicted octanol–water partition coefficient (Wildman–Crippen LogP) is 3.96. The van der Waals surface area contributed by atoms with Crippen molar-refractivity contribution >= 4 is 28.5 Å². The molecule has 3 heterocycles. The minimum Gasteiger partial charge on any atom is -0.383 e. The van der Waals surface area contributed by atoms with Crippen molar-refractivity contribution in [3.8, 4) is 22.7 Å². The number of hydrogen-bond donors (Lipinski definition) is 1. The highest BCUT2D eigenvalue weighted by Gasteiger charge is 2.21. The zero-order valence-corrected chi connectivity index (χ0v) is 14.4. The number of anilines is 1. The van der Waals surface area contributed by atoms with Crippen molar-refractivity contribution < 1.29 is 4.52 Å². The summed E-state index contributed by atoms with van der Waals surface area (Å²) in [6.07, 6.45) is 1.43. The Hall–Kier alpha value is -2.93. The Morgan fingerprint density at radius 1 is 1.20 bits per heavy atom.